The van der Waals surface area contributed by atoms with E-state index in [4.69, 9.17) is 5.73 Å². The second kappa shape index (κ2) is 5.62. The maximum Gasteiger partial charge on any atom is 0.0367 e. The fourth-order valence-corrected chi connectivity index (χ4v) is 4.85. The molecule has 21 heavy (non-hydrogen) atoms. The van der Waals surface area contributed by atoms with E-state index in [9.17, 15) is 0 Å². The Morgan fingerprint density at radius 2 is 1.67 bits per heavy atom. The smallest absolute Gasteiger partial charge is 0.0367 e. The van der Waals surface area contributed by atoms with E-state index >= 15 is 0 Å². The molecule has 4 rings (SSSR count). The van der Waals surface area contributed by atoms with Gasteiger partial charge in [0.2, 0.25) is 0 Å². The molecule has 3 heteroatoms. The van der Waals surface area contributed by atoms with Crippen LogP contribution in [0.4, 0.5) is 5.69 Å². The van der Waals surface area contributed by atoms with Gasteiger partial charge in [-0.1, -0.05) is 18.2 Å². The van der Waals surface area contributed by atoms with Gasteiger partial charge in [-0.25, -0.2) is 0 Å². The average molecular weight is 285 g/mol. The molecule has 0 aromatic heterocycles. The van der Waals surface area contributed by atoms with Gasteiger partial charge in [-0.3, -0.25) is 4.90 Å². The summed E-state index contributed by atoms with van der Waals surface area (Å²) < 4.78 is 0. The number of para-hydroxylation sites is 1. The van der Waals surface area contributed by atoms with Crippen LogP contribution in [-0.4, -0.2) is 43.7 Å². The quantitative estimate of drug-likeness (QED) is 0.924. The molecular formula is C18H27N3. The summed E-state index contributed by atoms with van der Waals surface area (Å²) in [5.41, 5.74) is 7.83. The highest BCUT2D eigenvalue weighted by atomic mass is 15.3. The van der Waals surface area contributed by atoms with Crippen molar-refractivity contribution in [3.63, 3.8) is 0 Å². The molecule has 0 radical (unpaired) electrons. The standard InChI is InChI=1S/C18H27N3/c19-18-15-7-6-14(12-15)17(18)13-20-8-10-21(11-9-20)16-4-2-1-3-5-16/h1-5,14-15,17-18H,6-13,19H2. The van der Waals surface area contributed by atoms with Crippen LogP contribution in [0.1, 0.15) is 19.3 Å². The van der Waals surface area contributed by atoms with Gasteiger partial charge < -0.3 is 10.6 Å². The van der Waals surface area contributed by atoms with Gasteiger partial charge in [0.1, 0.15) is 0 Å². The van der Waals surface area contributed by atoms with Gasteiger partial charge in [0.15, 0.2) is 0 Å². The zero-order valence-corrected chi connectivity index (χ0v) is 12.8. The number of nitrogens with zero attached hydrogens (tertiary/aromatic N) is 2. The number of rotatable bonds is 3. The zero-order chi connectivity index (χ0) is 14.2. The molecule has 1 heterocycles. The summed E-state index contributed by atoms with van der Waals surface area (Å²) in [6.07, 6.45) is 4.24. The van der Waals surface area contributed by atoms with E-state index in [1.807, 2.05) is 0 Å². The lowest BCUT2D eigenvalue weighted by Gasteiger charge is -2.39. The summed E-state index contributed by atoms with van der Waals surface area (Å²) in [4.78, 5) is 5.17. The molecule has 0 amide bonds. The van der Waals surface area contributed by atoms with Crippen molar-refractivity contribution in [3.05, 3.63) is 30.3 Å². The van der Waals surface area contributed by atoms with Crippen molar-refractivity contribution < 1.29 is 0 Å². The van der Waals surface area contributed by atoms with Crippen molar-refractivity contribution in [2.45, 2.75) is 25.3 Å². The molecule has 2 aliphatic carbocycles. The number of anilines is 1. The molecule has 114 valence electrons. The highest BCUT2D eigenvalue weighted by Crippen LogP contribution is 2.47. The lowest BCUT2D eigenvalue weighted by molar-refractivity contribution is 0.167. The van der Waals surface area contributed by atoms with Crippen molar-refractivity contribution in [1.82, 2.24) is 4.90 Å². The fourth-order valence-electron chi connectivity index (χ4n) is 4.85. The van der Waals surface area contributed by atoms with Gasteiger partial charge in [0.25, 0.3) is 0 Å². The molecule has 3 aliphatic rings. The average Bonchev–Trinajstić information content (AvgIpc) is 3.12. The molecule has 4 unspecified atom stereocenters. The van der Waals surface area contributed by atoms with E-state index in [2.05, 4.69) is 40.1 Å². The summed E-state index contributed by atoms with van der Waals surface area (Å²) in [6, 6.07) is 11.3. The summed E-state index contributed by atoms with van der Waals surface area (Å²) in [7, 11) is 0. The fraction of sp³-hybridized carbons (Fsp3) is 0.667. The second-order valence-electron chi connectivity index (χ2n) is 7.20. The SMILES string of the molecule is NC1C2CCC(C2)C1CN1CCN(c2ccccc2)CC1. The second-order valence-corrected chi connectivity index (χ2v) is 7.20. The Morgan fingerprint density at radius 3 is 2.33 bits per heavy atom. The Hall–Kier alpha value is -1.06. The van der Waals surface area contributed by atoms with E-state index in [1.165, 1.54) is 44.6 Å². The summed E-state index contributed by atoms with van der Waals surface area (Å²) in [5, 5.41) is 0. The Morgan fingerprint density at radius 1 is 0.952 bits per heavy atom. The number of hydrogen-bond donors (Lipinski definition) is 1. The first-order valence-electron chi connectivity index (χ1n) is 8.59. The van der Waals surface area contributed by atoms with Crippen LogP contribution in [0.3, 0.4) is 0 Å². The lowest BCUT2D eigenvalue weighted by atomic mass is 9.84. The van der Waals surface area contributed by atoms with Crippen molar-refractivity contribution in [2.24, 2.45) is 23.5 Å². The number of nitrogens with two attached hydrogens (primary N) is 1. The van der Waals surface area contributed by atoms with Gasteiger partial charge in [0.05, 0.1) is 0 Å². The van der Waals surface area contributed by atoms with Gasteiger partial charge in [0, 0.05) is 44.5 Å². The third-order valence-electron chi connectivity index (χ3n) is 6.12. The van der Waals surface area contributed by atoms with Crippen LogP contribution in [0.5, 0.6) is 0 Å². The minimum absolute atomic E-state index is 0.482. The molecule has 4 atom stereocenters. The van der Waals surface area contributed by atoms with Crippen LogP contribution < -0.4 is 10.6 Å². The number of benzene rings is 1. The predicted molar refractivity (Wildman–Crippen MR) is 87.4 cm³/mol. The van der Waals surface area contributed by atoms with E-state index in [0.29, 0.717) is 6.04 Å². The molecule has 3 nitrogen and oxygen atoms in total. The Bertz CT molecular complexity index is 465. The normalized spacial score (nSPS) is 36.3. The van der Waals surface area contributed by atoms with Crippen molar-refractivity contribution in [3.8, 4) is 0 Å². The number of fused-ring (bicyclic) bond motifs is 2. The lowest BCUT2D eigenvalue weighted by Crippen LogP contribution is -2.50. The number of piperazine rings is 1. The maximum atomic E-state index is 6.46. The predicted octanol–water partition coefficient (Wildman–Crippen LogP) is 2.18. The van der Waals surface area contributed by atoms with E-state index in [1.54, 1.807) is 0 Å². The molecule has 2 N–H and O–H groups in total. The molecule has 1 aromatic rings. The molecule has 1 aromatic carbocycles. The van der Waals surface area contributed by atoms with Gasteiger partial charge >= 0.3 is 0 Å². The van der Waals surface area contributed by atoms with Crippen LogP contribution in [0, 0.1) is 17.8 Å². The third-order valence-corrected chi connectivity index (χ3v) is 6.12. The third kappa shape index (κ3) is 2.58. The van der Waals surface area contributed by atoms with E-state index in [0.717, 1.165) is 30.8 Å². The highest BCUT2D eigenvalue weighted by Gasteiger charge is 2.46. The van der Waals surface area contributed by atoms with Crippen LogP contribution in [0.25, 0.3) is 0 Å². The minimum Gasteiger partial charge on any atom is -0.369 e. The van der Waals surface area contributed by atoms with Crippen LogP contribution in [0.2, 0.25) is 0 Å². The first-order valence-corrected chi connectivity index (χ1v) is 8.59. The maximum absolute atomic E-state index is 6.46. The first-order chi connectivity index (χ1) is 10.3. The number of hydrogen-bond acceptors (Lipinski definition) is 3. The van der Waals surface area contributed by atoms with E-state index in [-0.39, 0.29) is 0 Å². The summed E-state index contributed by atoms with van der Waals surface area (Å²) >= 11 is 0. The summed E-state index contributed by atoms with van der Waals surface area (Å²) in [6.45, 7) is 5.93. The molecule has 3 fully saturated rings. The van der Waals surface area contributed by atoms with Gasteiger partial charge in [-0.05, 0) is 49.1 Å². The van der Waals surface area contributed by atoms with Crippen LogP contribution in [-0.2, 0) is 0 Å². The van der Waals surface area contributed by atoms with Gasteiger partial charge in [-0.2, -0.15) is 0 Å². The first kappa shape index (κ1) is 13.6. The molecular weight excluding hydrogens is 258 g/mol. The van der Waals surface area contributed by atoms with Crippen molar-refractivity contribution >= 4 is 5.69 Å². The summed E-state index contributed by atoms with van der Waals surface area (Å²) in [5.74, 6) is 2.54. The highest BCUT2D eigenvalue weighted by molar-refractivity contribution is 5.46. The monoisotopic (exact) mass is 285 g/mol. The van der Waals surface area contributed by atoms with Crippen molar-refractivity contribution in [2.75, 3.05) is 37.6 Å². The van der Waals surface area contributed by atoms with Crippen molar-refractivity contribution in [1.29, 1.82) is 0 Å². The Kier molecular flexibility index (Phi) is 3.64. The molecule has 2 saturated carbocycles. The Balaban J connectivity index is 1.32. The molecule has 1 saturated heterocycles. The van der Waals surface area contributed by atoms with Crippen LogP contribution >= 0.6 is 0 Å². The van der Waals surface area contributed by atoms with Gasteiger partial charge in [-0.15, -0.1) is 0 Å². The largest absolute Gasteiger partial charge is 0.369 e. The topological polar surface area (TPSA) is 32.5 Å². The molecule has 1 aliphatic heterocycles. The van der Waals surface area contributed by atoms with E-state index < -0.39 is 0 Å². The Labute approximate surface area is 128 Å². The molecule has 0 spiro atoms. The molecule has 2 bridgehead atoms. The minimum atomic E-state index is 0.482. The zero-order valence-electron chi connectivity index (χ0n) is 12.8. The van der Waals surface area contributed by atoms with Crippen LogP contribution in [0.15, 0.2) is 30.3 Å².